The van der Waals surface area contributed by atoms with E-state index in [-0.39, 0.29) is 25.5 Å². The molecule has 23 heavy (non-hydrogen) atoms. The van der Waals surface area contributed by atoms with Crippen molar-refractivity contribution in [1.29, 1.82) is 5.26 Å². The molecule has 4 N–H and O–H groups in total. The number of carbonyl (C=O) groups excluding carboxylic acids is 1. The smallest absolute Gasteiger partial charge is 0.328 e. The molecule has 0 heterocycles. The average Bonchev–Trinajstić information content (AvgIpc) is 2.50. The number of carboxylic acids is 1. The Balaban J connectivity index is 0.000000841. The molecule has 126 valence electrons. The molecule has 0 aromatic heterocycles. The maximum atomic E-state index is 11.6. The number of nitriles is 1. The van der Waals surface area contributed by atoms with E-state index in [0.717, 1.165) is 11.3 Å². The molecule has 1 aromatic carbocycles. The molecular formula is C16H23N3O4. The minimum absolute atomic E-state index is 0.147. The fourth-order valence-corrected chi connectivity index (χ4v) is 1.59. The predicted molar refractivity (Wildman–Crippen MR) is 86.9 cm³/mol. The molecule has 0 aliphatic carbocycles. The highest BCUT2D eigenvalue weighted by molar-refractivity contribution is 5.79. The first-order valence-corrected chi connectivity index (χ1v) is 7.11. The Morgan fingerprint density at radius 3 is 2.52 bits per heavy atom. The number of anilines is 1. The fourth-order valence-electron chi connectivity index (χ4n) is 1.59. The van der Waals surface area contributed by atoms with E-state index in [1.165, 1.54) is 5.56 Å². The van der Waals surface area contributed by atoms with Gasteiger partial charge in [0.1, 0.15) is 12.6 Å². The fraction of sp³-hybridized carbons (Fsp3) is 0.438. The van der Waals surface area contributed by atoms with Gasteiger partial charge in [-0.2, -0.15) is 5.26 Å². The van der Waals surface area contributed by atoms with Crippen molar-refractivity contribution >= 4 is 17.6 Å². The molecule has 0 spiro atoms. The number of aryl methyl sites for hydroxylation is 2. The molecule has 1 rings (SSSR count). The number of esters is 1. The van der Waals surface area contributed by atoms with Crippen LogP contribution in [0, 0.1) is 25.2 Å². The maximum Gasteiger partial charge on any atom is 0.328 e. The number of nitrogens with zero attached hydrogens (tertiary/aromatic N) is 1. The van der Waals surface area contributed by atoms with Gasteiger partial charge in [-0.1, -0.05) is 17.7 Å². The molecule has 0 amide bonds. The Morgan fingerprint density at radius 2 is 2.04 bits per heavy atom. The van der Waals surface area contributed by atoms with Crippen LogP contribution >= 0.6 is 0 Å². The summed E-state index contributed by atoms with van der Waals surface area (Å²) in [5, 5.41) is 19.1. The predicted octanol–water partition coefficient (Wildman–Crippen LogP) is 1.59. The van der Waals surface area contributed by atoms with E-state index < -0.39 is 12.0 Å². The monoisotopic (exact) mass is 321 g/mol. The molecule has 1 aromatic rings. The zero-order chi connectivity index (χ0) is 17.8. The van der Waals surface area contributed by atoms with Crippen molar-refractivity contribution in [1.82, 2.24) is 0 Å². The number of hydrogen-bond acceptors (Lipinski definition) is 6. The van der Waals surface area contributed by atoms with Crippen molar-refractivity contribution in [2.24, 2.45) is 5.73 Å². The van der Waals surface area contributed by atoms with Crippen molar-refractivity contribution in [3.63, 3.8) is 0 Å². The van der Waals surface area contributed by atoms with Crippen molar-refractivity contribution in [3.05, 3.63) is 29.3 Å². The molecule has 7 heteroatoms. The van der Waals surface area contributed by atoms with Crippen LogP contribution in [0.1, 0.15) is 24.5 Å². The van der Waals surface area contributed by atoms with E-state index in [2.05, 4.69) is 17.1 Å². The minimum Gasteiger partial charge on any atom is -0.480 e. The van der Waals surface area contributed by atoms with Crippen LogP contribution in [0.25, 0.3) is 0 Å². The van der Waals surface area contributed by atoms with Crippen LogP contribution < -0.4 is 11.1 Å². The summed E-state index contributed by atoms with van der Waals surface area (Å²) in [6.45, 7) is 5.63. The highest BCUT2D eigenvalue weighted by atomic mass is 16.5. The highest BCUT2D eigenvalue weighted by Gasteiger charge is 2.14. The first-order chi connectivity index (χ1) is 10.8. The zero-order valence-corrected chi connectivity index (χ0v) is 13.6. The van der Waals surface area contributed by atoms with Gasteiger partial charge in [-0.25, -0.2) is 4.79 Å². The summed E-state index contributed by atoms with van der Waals surface area (Å²) in [6, 6.07) is 7.49. The third-order valence-electron chi connectivity index (χ3n) is 2.74. The van der Waals surface area contributed by atoms with Crippen molar-refractivity contribution in [2.75, 3.05) is 18.5 Å². The molecule has 0 unspecified atom stereocenters. The normalized spacial score (nSPS) is 10.6. The number of carbonyl (C=O) groups is 2. The van der Waals surface area contributed by atoms with Gasteiger partial charge in [0.05, 0.1) is 19.0 Å². The van der Waals surface area contributed by atoms with Crippen LogP contribution in [-0.4, -0.2) is 36.2 Å². The van der Waals surface area contributed by atoms with Crippen LogP contribution in [-0.2, 0) is 14.3 Å². The summed E-state index contributed by atoms with van der Waals surface area (Å²) in [4.78, 5) is 20.8. The number of aliphatic carboxylic acids is 1. The van der Waals surface area contributed by atoms with E-state index in [9.17, 15) is 9.59 Å². The Kier molecular flexibility index (Phi) is 9.80. The molecule has 0 bridgehead atoms. The van der Waals surface area contributed by atoms with E-state index in [1.807, 2.05) is 32.0 Å². The number of nitrogens with one attached hydrogen (secondary N) is 1. The van der Waals surface area contributed by atoms with Gasteiger partial charge in [-0.05, 0) is 32.4 Å². The molecule has 1 atom stereocenters. The van der Waals surface area contributed by atoms with E-state index in [1.54, 1.807) is 6.92 Å². The van der Waals surface area contributed by atoms with Crippen LogP contribution in [0.5, 0.6) is 0 Å². The lowest BCUT2D eigenvalue weighted by Crippen LogP contribution is -2.28. The summed E-state index contributed by atoms with van der Waals surface area (Å²) < 4.78 is 4.96. The van der Waals surface area contributed by atoms with Gasteiger partial charge in [-0.15, -0.1) is 0 Å². The van der Waals surface area contributed by atoms with Gasteiger partial charge < -0.3 is 20.9 Å². The summed E-state index contributed by atoms with van der Waals surface area (Å²) >= 11 is 0. The number of carboxylic acid groups (broad SMARTS) is 1. The van der Waals surface area contributed by atoms with Crippen LogP contribution in [0.4, 0.5) is 5.69 Å². The summed E-state index contributed by atoms with van der Waals surface area (Å²) in [7, 11) is 0. The third kappa shape index (κ3) is 9.11. The highest BCUT2D eigenvalue weighted by Crippen LogP contribution is 2.17. The maximum absolute atomic E-state index is 11.6. The molecule has 0 radical (unpaired) electrons. The summed E-state index contributed by atoms with van der Waals surface area (Å²) in [5.41, 5.74) is 7.77. The number of benzene rings is 1. The molecule has 0 fully saturated rings. The van der Waals surface area contributed by atoms with Gasteiger partial charge >= 0.3 is 11.9 Å². The van der Waals surface area contributed by atoms with Crippen molar-refractivity contribution < 1.29 is 19.4 Å². The summed E-state index contributed by atoms with van der Waals surface area (Å²) in [5.74, 6) is -1.31. The topological polar surface area (TPSA) is 125 Å². The number of ether oxygens (including phenoxy) is 1. The van der Waals surface area contributed by atoms with Crippen molar-refractivity contribution in [2.45, 2.75) is 33.2 Å². The van der Waals surface area contributed by atoms with Crippen molar-refractivity contribution in [3.8, 4) is 6.07 Å². The molecule has 0 saturated heterocycles. The average molecular weight is 321 g/mol. The lowest BCUT2D eigenvalue weighted by molar-refractivity contribution is -0.144. The Labute approximate surface area is 136 Å². The quantitative estimate of drug-likeness (QED) is 0.536. The van der Waals surface area contributed by atoms with Crippen LogP contribution in [0.3, 0.4) is 0 Å². The van der Waals surface area contributed by atoms with E-state index in [0.29, 0.717) is 0 Å². The number of rotatable bonds is 6. The molecule has 0 saturated carbocycles. The second-order valence-electron chi connectivity index (χ2n) is 4.86. The largest absolute Gasteiger partial charge is 0.480 e. The number of hydrogen-bond donors (Lipinski definition) is 3. The minimum atomic E-state index is -0.968. The molecule has 0 aliphatic rings. The van der Waals surface area contributed by atoms with Gasteiger partial charge in [-0.3, -0.25) is 4.79 Å². The molecule has 7 nitrogen and oxygen atoms in total. The molecular weight excluding hydrogens is 298 g/mol. The second kappa shape index (κ2) is 11.0. The van der Waals surface area contributed by atoms with E-state index >= 15 is 0 Å². The third-order valence-corrected chi connectivity index (χ3v) is 2.74. The Bertz CT molecular complexity index is 567. The van der Waals surface area contributed by atoms with Crippen LogP contribution in [0.2, 0.25) is 0 Å². The lowest BCUT2D eigenvalue weighted by Gasteiger charge is -2.16. The standard InChI is InChI=1S/C14H18N2O2.C2H5NO2/c1-10-5-6-13(11(2)9-10)16-12(3)14(17)18-8-4-7-15;3-1-2(4)5/h5-6,9,12,16H,4,8H2,1-3H3;1,3H2,(H,4,5)/t12-;/m0./s1. The summed E-state index contributed by atoms with van der Waals surface area (Å²) in [6.07, 6.45) is 0.224. The van der Waals surface area contributed by atoms with Gasteiger partial charge in [0, 0.05) is 5.69 Å². The zero-order valence-electron chi connectivity index (χ0n) is 13.6. The number of nitrogens with two attached hydrogens (primary N) is 1. The molecule has 0 aliphatic heterocycles. The van der Waals surface area contributed by atoms with Gasteiger partial charge in [0.25, 0.3) is 0 Å². The Morgan fingerprint density at radius 1 is 1.43 bits per heavy atom. The first-order valence-electron chi connectivity index (χ1n) is 7.11. The SMILES string of the molecule is Cc1ccc(N[C@@H](C)C(=O)OCCC#N)c(C)c1.NCC(=O)O. The first kappa shape index (κ1) is 20.4. The lowest BCUT2D eigenvalue weighted by atomic mass is 10.1. The second-order valence-corrected chi connectivity index (χ2v) is 4.86. The van der Waals surface area contributed by atoms with Gasteiger partial charge in [0.15, 0.2) is 0 Å². The Hall–Kier alpha value is -2.59. The van der Waals surface area contributed by atoms with E-state index in [4.69, 9.17) is 15.1 Å². The van der Waals surface area contributed by atoms with Crippen LogP contribution in [0.15, 0.2) is 18.2 Å². The van der Waals surface area contributed by atoms with Gasteiger partial charge in [0.2, 0.25) is 0 Å².